The van der Waals surface area contributed by atoms with Gasteiger partial charge in [0.2, 0.25) is 11.8 Å². The number of nitrogens with zero attached hydrogens (tertiary/aromatic N) is 1. The molecule has 7 heteroatoms. The van der Waals surface area contributed by atoms with Crippen molar-refractivity contribution in [3.63, 3.8) is 0 Å². The second-order valence-corrected chi connectivity index (χ2v) is 7.21. The van der Waals surface area contributed by atoms with Gasteiger partial charge in [0.25, 0.3) is 5.24 Å². The Labute approximate surface area is 151 Å². The number of hydrogen-bond donors (Lipinski definition) is 1. The molecule has 0 unspecified atom stereocenters. The smallest absolute Gasteiger partial charge is 0.293 e. The molecule has 1 fully saturated rings. The van der Waals surface area contributed by atoms with Crippen molar-refractivity contribution >= 4 is 56.1 Å². The van der Waals surface area contributed by atoms with E-state index in [4.69, 9.17) is 0 Å². The number of halogens is 1. The van der Waals surface area contributed by atoms with Crippen LogP contribution in [-0.2, 0) is 9.59 Å². The van der Waals surface area contributed by atoms with Crippen molar-refractivity contribution < 1.29 is 14.4 Å². The summed E-state index contributed by atoms with van der Waals surface area (Å²) in [5, 5.41) is 1.68. The van der Waals surface area contributed by atoms with E-state index in [2.05, 4.69) is 21.2 Å². The minimum absolute atomic E-state index is 0.0470. The number of rotatable bonds is 4. The minimum Gasteiger partial charge on any atom is -0.326 e. The van der Waals surface area contributed by atoms with Crippen molar-refractivity contribution in [2.75, 3.05) is 10.2 Å². The SMILES string of the molecule is O=C(C[C@H]1SC(=O)N(c2ccccc2)C1=O)Nc1ccc(Br)cc1. The zero-order valence-corrected chi connectivity index (χ0v) is 14.8. The van der Waals surface area contributed by atoms with Gasteiger partial charge in [0, 0.05) is 16.6 Å². The van der Waals surface area contributed by atoms with Gasteiger partial charge in [0.1, 0.15) is 5.25 Å². The third-order valence-corrected chi connectivity index (χ3v) is 5.00. The highest BCUT2D eigenvalue weighted by atomic mass is 79.9. The number of thioether (sulfide) groups is 1. The van der Waals surface area contributed by atoms with Gasteiger partial charge < -0.3 is 5.32 Å². The van der Waals surface area contributed by atoms with E-state index in [9.17, 15) is 14.4 Å². The highest BCUT2D eigenvalue weighted by Gasteiger charge is 2.41. The van der Waals surface area contributed by atoms with Gasteiger partial charge in [0.15, 0.2) is 0 Å². The summed E-state index contributed by atoms with van der Waals surface area (Å²) in [6.07, 6.45) is -0.0470. The molecule has 0 aliphatic carbocycles. The third kappa shape index (κ3) is 3.68. The number of benzene rings is 2. The Morgan fingerprint density at radius 3 is 2.42 bits per heavy atom. The van der Waals surface area contributed by atoms with Crippen LogP contribution in [0.1, 0.15) is 6.42 Å². The van der Waals surface area contributed by atoms with Crippen LogP contribution in [0.25, 0.3) is 0 Å². The van der Waals surface area contributed by atoms with E-state index in [0.29, 0.717) is 11.4 Å². The molecule has 1 aliphatic heterocycles. The largest absolute Gasteiger partial charge is 0.326 e. The molecule has 0 saturated carbocycles. The van der Waals surface area contributed by atoms with Gasteiger partial charge in [-0.15, -0.1) is 0 Å². The molecule has 1 atom stereocenters. The molecule has 3 rings (SSSR count). The lowest BCUT2D eigenvalue weighted by molar-refractivity contribution is -0.121. The molecule has 24 heavy (non-hydrogen) atoms. The van der Waals surface area contributed by atoms with Gasteiger partial charge >= 0.3 is 0 Å². The van der Waals surface area contributed by atoms with Crippen LogP contribution >= 0.6 is 27.7 Å². The predicted molar refractivity (Wildman–Crippen MR) is 98.1 cm³/mol. The average molecular weight is 405 g/mol. The monoisotopic (exact) mass is 404 g/mol. The molecular formula is C17H13BrN2O3S. The molecule has 0 aromatic heterocycles. The Morgan fingerprint density at radius 2 is 1.75 bits per heavy atom. The van der Waals surface area contributed by atoms with Crippen LogP contribution in [0.2, 0.25) is 0 Å². The molecule has 1 saturated heterocycles. The molecule has 1 N–H and O–H groups in total. The average Bonchev–Trinajstić information content (AvgIpc) is 2.84. The molecule has 3 amide bonds. The van der Waals surface area contributed by atoms with Crippen LogP contribution in [0.15, 0.2) is 59.1 Å². The standard InChI is InChI=1S/C17H13BrN2O3S/c18-11-6-8-12(9-7-11)19-15(21)10-14-16(22)20(17(23)24-14)13-4-2-1-3-5-13/h1-9,14H,10H2,(H,19,21)/t14-/m1/s1. The number of hydrogen-bond acceptors (Lipinski definition) is 4. The summed E-state index contributed by atoms with van der Waals surface area (Å²) in [7, 11) is 0. The summed E-state index contributed by atoms with van der Waals surface area (Å²) in [5.74, 6) is -0.659. The van der Waals surface area contributed by atoms with Crippen molar-refractivity contribution in [2.45, 2.75) is 11.7 Å². The van der Waals surface area contributed by atoms with Crippen LogP contribution in [0, 0.1) is 0 Å². The fraction of sp³-hybridized carbons (Fsp3) is 0.118. The number of imide groups is 1. The van der Waals surface area contributed by atoms with Crippen LogP contribution in [0.4, 0.5) is 16.2 Å². The quantitative estimate of drug-likeness (QED) is 0.834. The molecule has 0 spiro atoms. The maximum absolute atomic E-state index is 12.4. The summed E-state index contributed by atoms with van der Waals surface area (Å²) >= 11 is 4.21. The lowest BCUT2D eigenvalue weighted by atomic mass is 10.2. The van der Waals surface area contributed by atoms with Gasteiger partial charge in [-0.1, -0.05) is 34.1 Å². The van der Waals surface area contributed by atoms with E-state index in [1.165, 1.54) is 0 Å². The summed E-state index contributed by atoms with van der Waals surface area (Å²) in [5.41, 5.74) is 1.17. The molecule has 1 heterocycles. The first-order valence-corrected chi connectivity index (χ1v) is 8.87. The highest BCUT2D eigenvalue weighted by Crippen LogP contribution is 2.33. The number of carbonyl (C=O) groups is 3. The first-order chi connectivity index (χ1) is 11.5. The van der Waals surface area contributed by atoms with E-state index in [-0.39, 0.29) is 23.5 Å². The lowest BCUT2D eigenvalue weighted by Gasteiger charge is -2.13. The van der Waals surface area contributed by atoms with Gasteiger partial charge in [-0.2, -0.15) is 0 Å². The Kier molecular flexibility index (Phi) is 5.01. The van der Waals surface area contributed by atoms with Crippen LogP contribution < -0.4 is 10.2 Å². The van der Waals surface area contributed by atoms with Crippen LogP contribution in [-0.4, -0.2) is 22.3 Å². The minimum atomic E-state index is -0.701. The van der Waals surface area contributed by atoms with E-state index in [1.807, 2.05) is 18.2 Å². The summed E-state index contributed by atoms with van der Waals surface area (Å²) in [6, 6.07) is 15.9. The number of nitrogens with one attached hydrogen (secondary N) is 1. The molecule has 1 aliphatic rings. The maximum atomic E-state index is 12.4. The molecule has 0 radical (unpaired) electrons. The molecular weight excluding hydrogens is 392 g/mol. The number of carbonyl (C=O) groups excluding carboxylic acids is 3. The first-order valence-electron chi connectivity index (χ1n) is 7.19. The Bertz CT molecular complexity index is 780. The van der Waals surface area contributed by atoms with Gasteiger partial charge in [-0.3, -0.25) is 14.4 Å². The second kappa shape index (κ2) is 7.19. The normalized spacial score (nSPS) is 17.2. The van der Waals surface area contributed by atoms with Crippen molar-refractivity contribution in [1.82, 2.24) is 0 Å². The molecule has 5 nitrogen and oxygen atoms in total. The van der Waals surface area contributed by atoms with Gasteiger partial charge in [0.05, 0.1) is 5.69 Å². The molecule has 2 aromatic carbocycles. The van der Waals surface area contributed by atoms with E-state index in [0.717, 1.165) is 21.1 Å². The topological polar surface area (TPSA) is 66.5 Å². The Hall–Kier alpha value is -2.12. The Balaban J connectivity index is 1.65. The van der Waals surface area contributed by atoms with Gasteiger partial charge in [-0.05, 0) is 48.2 Å². The number of amides is 3. The first kappa shape index (κ1) is 16.7. The summed E-state index contributed by atoms with van der Waals surface area (Å²) in [4.78, 5) is 37.8. The zero-order chi connectivity index (χ0) is 17.1. The summed E-state index contributed by atoms with van der Waals surface area (Å²) < 4.78 is 0.908. The van der Waals surface area contributed by atoms with Crippen molar-refractivity contribution in [2.24, 2.45) is 0 Å². The number of para-hydroxylation sites is 1. The number of anilines is 2. The van der Waals surface area contributed by atoms with Crippen molar-refractivity contribution in [1.29, 1.82) is 0 Å². The fourth-order valence-electron chi connectivity index (χ4n) is 2.31. The predicted octanol–water partition coefficient (Wildman–Crippen LogP) is 4.05. The van der Waals surface area contributed by atoms with Gasteiger partial charge in [-0.25, -0.2) is 4.90 Å². The lowest BCUT2D eigenvalue weighted by Crippen LogP contribution is -2.32. The fourth-order valence-corrected chi connectivity index (χ4v) is 3.56. The van der Waals surface area contributed by atoms with Crippen molar-refractivity contribution in [3.05, 3.63) is 59.1 Å². The van der Waals surface area contributed by atoms with Crippen LogP contribution in [0.5, 0.6) is 0 Å². The highest BCUT2D eigenvalue weighted by molar-refractivity contribution is 9.10. The summed E-state index contributed by atoms with van der Waals surface area (Å²) in [6.45, 7) is 0. The van der Waals surface area contributed by atoms with E-state index >= 15 is 0 Å². The molecule has 122 valence electrons. The Morgan fingerprint density at radius 1 is 1.08 bits per heavy atom. The third-order valence-electron chi connectivity index (χ3n) is 3.43. The van der Waals surface area contributed by atoms with E-state index in [1.54, 1.807) is 36.4 Å². The van der Waals surface area contributed by atoms with E-state index < -0.39 is 5.25 Å². The second-order valence-electron chi connectivity index (χ2n) is 5.14. The molecule has 2 aromatic rings. The van der Waals surface area contributed by atoms with Crippen LogP contribution in [0.3, 0.4) is 0 Å². The maximum Gasteiger partial charge on any atom is 0.293 e. The van der Waals surface area contributed by atoms with Crippen molar-refractivity contribution in [3.8, 4) is 0 Å². The molecule has 0 bridgehead atoms. The zero-order valence-electron chi connectivity index (χ0n) is 12.4.